The first-order valence-electron chi connectivity index (χ1n) is 14.1. The Hall–Kier alpha value is -5.15. The van der Waals surface area contributed by atoms with Gasteiger partial charge in [0.05, 0.1) is 6.54 Å². The summed E-state index contributed by atoms with van der Waals surface area (Å²) in [5.41, 5.74) is 7.62. The second kappa shape index (κ2) is 18.6. The number of nitrogens with one attached hydrogen (secondary N) is 3. The van der Waals surface area contributed by atoms with E-state index in [-0.39, 0.29) is 12.5 Å². The third-order valence-electron chi connectivity index (χ3n) is 6.72. The number of rotatable bonds is 9. The van der Waals surface area contributed by atoms with Crippen LogP contribution in [0.5, 0.6) is 0 Å². The number of nitrogens with two attached hydrogens (primary N) is 1. The maximum absolute atomic E-state index is 12.8. The van der Waals surface area contributed by atoms with E-state index in [1.165, 1.54) is 7.05 Å². The first-order valence-corrected chi connectivity index (χ1v) is 14.1. The van der Waals surface area contributed by atoms with Crippen molar-refractivity contribution >= 4 is 29.4 Å². The van der Waals surface area contributed by atoms with Crippen LogP contribution in [0, 0.1) is 12.8 Å². The van der Waals surface area contributed by atoms with Crippen LogP contribution in [-0.2, 0) is 28.9 Å². The molecule has 5 N–H and O–H groups in total. The monoisotopic (exact) mass is 639 g/mol. The van der Waals surface area contributed by atoms with E-state index in [4.69, 9.17) is 5.73 Å². The van der Waals surface area contributed by atoms with Gasteiger partial charge in [-0.05, 0) is 61.7 Å². The van der Waals surface area contributed by atoms with Gasteiger partial charge in [-0.3, -0.25) is 19.7 Å². The number of hydrogen-bond donors (Lipinski definition) is 4. The van der Waals surface area contributed by atoms with E-state index < -0.39 is 36.1 Å². The lowest BCUT2D eigenvalue weighted by Gasteiger charge is -2.26. The molecule has 0 saturated carbocycles. The van der Waals surface area contributed by atoms with E-state index >= 15 is 0 Å². The molecule has 0 aromatic heterocycles. The third kappa shape index (κ3) is 11.4. The Bertz CT molecular complexity index is 1450. The van der Waals surface area contributed by atoms with Crippen LogP contribution < -0.4 is 26.6 Å². The molecule has 246 valence electrons. The van der Waals surface area contributed by atoms with Crippen molar-refractivity contribution in [3.63, 3.8) is 0 Å². The zero-order chi connectivity index (χ0) is 34.9. The smallest absolute Gasteiger partial charge is 0.366 e. The highest BCUT2D eigenvalue weighted by Gasteiger charge is 2.50. The lowest BCUT2D eigenvalue weighted by atomic mass is 9.96. The van der Waals surface area contributed by atoms with Crippen molar-refractivity contribution in [1.82, 2.24) is 16.0 Å². The standard InChI is InChI=1S/C16H21F3N2O.C12H11N3O3.C4H6.C2H2/c1-3-4-5-8-13-9-6-7-10-14(13)21(12-16(17,18)19)15(22)11-20-2;13-9(16)6-1-2-7-4-12(5-8(7)3-6)10(17)14-11(18)15-12;1-3-4-2;1-2/h3-4,6-7,9-10,20H,5,8,11-12H2,1-2H3;1-3H,4-5H2,(H2,13,16)(H2,14,15,17,18);3-4H,1-2H2;1-2H/b4-3-;;;. The normalized spacial score (nSPS) is 15.9. The predicted octanol–water partition coefficient (Wildman–Crippen LogP) is 4.38. The number of anilines is 1. The second-order valence-corrected chi connectivity index (χ2v) is 10.0. The number of carbonyl (C=O) groups excluding carboxylic acids is 4. The third-order valence-corrected chi connectivity index (χ3v) is 6.72. The number of urea groups is 1. The van der Waals surface area contributed by atoms with Gasteiger partial charge in [-0.15, -0.1) is 12.8 Å². The number of terminal acetylenes is 1. The molecule has 5 amide bonds. The zero-order valence-corrected chi connectivity index (χ0v) is 26.0. The van der Waals surface area contributed by atoms with E-state index in [1.54, 1.807) is 54.6 Å². The molecule has 0 radical (unpaired) electrons. The maximum Gasteiger partial charge on any atom is 0.406 e. The van der Waals surface area contributed by atoms with Crippen LogP contribution in [0.1, 0.15) is 40.4 Å². The molecule has 4 rings (SSSR count). The van der Waals surface area contributed by atoms with Gasteiger partial charge in [-0.1, -0.05) is 61.7 Å². The van der Waals surface area contributed by atoms with Crippen molar-refractivity contribution in [3.8, 4) is 12.8 Å². The fourth-order valence-electron chi connectivity index (χ4n) is 4.73. The van der Waals surface area contributed by atoms with Crippen LogP contribution in [0.2, 0.25) is 0 Å². The summed E-state index contributed by atoms with van der Waals surface area (Å²) >= 11 is 0. The molecule has 46 heavy (non-hydrogen) atoms. The zero-order valence-electron chi connectivity index (χ0n) is 26.0. The van der Waals surface area contributed by atoms with E-state index in [0.29, 0.717) is 36.9 Å². The summed E-state index contributed by atoms with van der Waals surface area (Å²) in [6, 6.07) is 11.4. The number of nitrogens with zero attached hydrogens (tertiary/aromatic N) is 1. The first-order chi connectivity index (χ1) is 21.8. The quantitative estimate of drug-likeness (QED) is 0.140. The number of benzene rings is 2. The van der Waals surface area contributed by atoms with Crippen molar-refractivity contribution in [1.29, 1.82) is 0 Å². The maximum atomic E-state index is 12.8. The van der Waals surface area contributed by atoms with Gasteiger partial charge >= 0.3 is 12.2 Å². The number of primary amides is 1. The second-order valence-electron chi connectivity index (χ2n) is 10.0. The summed E-state index contributed by atoms with van der Waals surface area (Å²) in [7, 11) is 1.53. The van der Waals surface area contributed by atoms with Gasteiger partial charge in [0.1, 0.15) is 12.1 Å². The number of likely N-dealkylation sites (N-methyl/N-ethyl adjacent to an activating group) is 1. The summed E-state index contributed by atoms with van der Waals surface area (Å²) in [6.45, 7) is 7.19. The Morgan fingerprint density at radius 3 is 2.24 bits per heavy atom. The highest BCUT2D eigenvalue weighted by Crippen LogP contribution is 2.33. The number of para-hydroxylation sites is 1. The van der Waals surface area contributed by atoms with Crippen LogP contribution in [-0.4, -0.2) is 55.6 Å². The molecule has 1 saturated heterocycles. The highest BCUT2D eigenvalue weighted by atomic mass is 19.4. The summed E-state index contributed by atoms with van der Waals surface area (Å²) in [6.07, 6.45) is 12.8. The van der Waals surface area contributed by atoms with Crippen molar-refractivity contribution in [2.24, 2.45) is 5.73 Å². The fraction of sp³-hybridized carbons (Fsp3) is 0.294. The number of hydrogen-bond acceptors (Lipinski definition) is 5. The molecule has 1 aliphatic carbocycles. The van der Waals surface area contributed by atoms with Crippen LogP contribution in [0.4, 0.5) is 23.7 Å². The molecular formula is C34H40F3N5O4. The number of halogens is 3. The van der Waals surface area contributed by atoms with Gasteiger partial charge in [0.25, 0.3) is 5.91 Å². The average molecular weight is 640 g/mol. The Morgan fingerprint density at radius 1 is 1.09 bits per heavy atom. The predicted molar refractivity (Wildman–Crippen MR) is 174 cm³/mol. The molecule has 1 fully saturated rings. The molecule has 2 aromatic rings. The number of amides is 5. The minimum atomic E-state index is -4.44. The molecular weight excluding hydrogens is 599 g/mol. The van der Waals surface area contributed by atoms with Gasteiger partial charge in [0.15, 0.2) is 0 Å². The Morgan fingerprint density at radius 2 is 1.72 bits per heavy atom. The van der Waals surface area contributed by atoms with Crippen LogP contribution >= 0.6 is 0 Å². The van der Waals surface area contributed by atoms with E-state index in [1.807, 2.05) is 19.1 Å². The van der Waals surface area contributed by atoms with Gasteiger partial charge in [-0.2, -0.15) is 13.2 Å². The number of carbonyl (C=O) groups is 4. The topological polar surface area (TPSA) is 134 Å². The number of alkyl halides is 3. The molecule has 12 heteroatoms. The van der Waals surface area contributed by atoms with Crippen LogP contribution in [0.15, 0.2) is 79.9 Å². The summed E-state index contributed by atoms with van der Waals surface area (Å²) in [4.78, 5) is 47.0. The number of imide groups is 1. The van der Waals surface area contributed by atoms with Crippen molar-refractivity contribution in [2.75, 3.05) is 25.0 Å². The Balaban J connectivity index is 0.000000397. The van der Waals surface area contributed by atoms with Crippen LogP contribution in [0.25, 0.3) is 0 Å². The Kier molecular flexibility index (Phi) is 15.7. The van der Waals surface area contributed by atoms with E-state index in [2.05, 4.69) is 42.0 Å². The summed E-state index contributed by atoms with van der Waals surface area (Å²) < 4.78 is 38.4. The molecule has 1 heterocycles. The largest absolute Gasteiger partial charge is 0.406 e. The van der Waals surface area contributed by atoms with Gasteiger partial charge < -0.3 is 21.3 Å². The molecule has 2 aromatic carbocycles. The SMILES string of the molecule is C#C.C/C=C\CCc1ccccc1N(CC(F)(F)F)C(=O)CNC.C=CC=C.NC(=O)c1ccc2c(c1)CC1(C2)NC(=O)NC1=O. The summed E-state index contributed by atoms with van der Waals surface area (Å²) in [5, 5.41) is 7.51. The lowest BCUT2D eigenvalue weighted by Crippen LogP contribution is -2.47. The average Bonchev–Trinajstić information content (AvgIpc) is 3.53. The highest BCUT2D eigenvalue weighted by molar-refractivity contribution is 6.08. The van der Waals surface area contributed by atoms with E-state index in [9.17, 15) is 32.3 Å². The van der Waals surface area contributed by atoms with Gasteiger partial charge in [0.2, 0.25) is 11.8 Å². The molecule has 9 nitrogen and oxygen atoms in total. The molecule has 1 atom stereocenters. The molecule has 2 aliphatic rings. The van der Waals surface area contributed by atoms with Crippen molar-refractivity contribution in [2.45, 2.75) is 44.3 Å². The number of allylic oxidation sites excluding steroid dienone is 4. The van der Waals surface area contributed by atoms with Gasteiger partial charge in [-0.25, -0.2) is 4.79 Å². The van der Waals surface area contributed by atoms with E-state index in [0.717, 1.165) is 21.6 Å². The van der Waals surface area contributed by atoms with Crippen LogP contribution in [0.3, 0.4) is 0 Å². The van der Waals surface area contributed by atoms with Crippen molar-refractivity contribution < 1.29 is 32.3 Å². The minimum Gasteiger partial charge on any atom is -0.366 e. The summed E-state index contributed by atoms with van der Waals surface area (Å²) in [5.74, 6) is -1.42. The molecule has 1 aliphatic heterocycles. The minimum absolute atomic E-state index is 0.140. The van der Waals surface area contributed by atoms with Gasteiger partial charge in [0, 0.05) is 24.1 Å². The molecule has 1 spiro atoms. The number of aryl methyl sites for hydroxylation is 1. The van der Waals surface area contributed by atoms with Crippen molar-refractivity contribution in [3.05, 3.63) is 102 Å². The fourth-order valence-corrected chi connectivity index (χ4v) is 4.73. The molecule has 0 bridgehead atoms. The Labute approximate surface area is 267 Å². The lowest BCUT2D eigenvalue weighted by molar-refractivity contribution is -0.131. The molecule has 1 unspecified atom stereocenters. The first kappa shape index (κ1) is 38.9. The number of fused-ring (bicyclic) bond motifs is 1.